The third-order valence-corrected chi connectivity index (χ3v) is 5.32. The largest absolute Gasteiger partial charge is 0.310 e. The van der Waals surface area contributed by atoms with E-state index in [4.69, 9.17) is 11.6 Å². The standard InChI is InChI=1S/C16H19BrClNS/c1-3-5-14(19-4-2)16-9-8-15(20-16)12-7-6-11(18)10-13(12)17/h6-10,14,19H,3-5H2,1-2H3. The highest BCUT2D eigenvalue weighted by Crippen LogP contribution is 2.37. The van der Waals surface area contributed by atoms with Gasteiger partial charge in [-0.25, -0.2) is 0 Å². The Morgan fingerprint density at radius 1 is 1.25 bits per heavy atom. The van der Waals surface area contributed by atoms with Gasteiger partial charge in [0.2, 0.25) is 0 Å². The molecule has 0 aliphatic carbocycles. The lowest BCUT2D eigenvalue weighted by Crippen LogP contribution is -2.19. The Kier molecular flexibility index (Phi) is 6.09. The summed E-state index contributed by atoms with van der Waals surface area (Å²) in [6.07, 6.45) is 2.37. The van der Waals surface area contributed by atoms with Crippen molar-refractivity contribution in [3.8, 4) is 10.4 Å². The van der Waals surface area contributed by atoms with Crippen molar-refractivity contribution < 1.29 is 0 Å². The van der Waals surface area contributed by atoms with Crippen molar-refractivity contribution in [1.29, 1.82) is 0 Å². The Morgan fingerprint density at radius 3 is 2.70 bits per heavy atom. The first kappa shape index (κ1) is 16.0. The average Bonchev–Trinajstić information content (AvgIpc) is 2.88. The minimum atomic E-state index is 0.467. The van der Waals surface area contributed by atoms with Crippen molar-refractivity contribution in [2.45, 2.75) is 32.7 Å². The molecule has 1 nitrogen and oxygen atoms in total. The van der Waals surface area contributed by atoms with Gasteiger partial charge in [-0.1, -0.05) is 53.9 Å². The number of hydrogen-bond donors (Lipinski definition) is 1. The fourth-order valence-corrected chi connectivity index (χ4v) is 4.44. The van der Waals surface area contributed by atoms with Gasteiger partial charge in [0.1, 0.15) is 0 Å². The summed E-state index contributed by atoms with van der Waals surface area (Å²) in [5, 5.41) is 4.32. The molecule has 20 heavy (non-hydrogen) atoms. The van der Waals surface area contributed by atoms with E-state index >= 15 is 0 Å². The van der Waals surface area contributed by atoms with Crippen LogP contribution in [0.2, 0.25) is 5.02 Å². The van der Waals surface area contributed by atoms with Gasteiger partial charge in [-0.05, 0) is 37.2 Å². The number of thiophene rings is 1. The van der Waals surface area contributed by atoms with E-state index in [1.165, 1.54) is 28.2 Å². The zero-order chi connectivity index (χ0) is 14.5. The molecule has 1 heterocycles. The maximum Gasteiger partial charge on any atom is 0.0417 e. The van der Waals surface area contributed by atoms with Crippen molar-refractivity contribution >= 4 is 38.9 Å². The van der Waals surface area contributed by atoms with Crippen LogP contribution in [0.4, 0.5) is 0 Å². The second-order valence-corrected chi connectivity index (χ2v) is 7.13. The Balaban J connectivity index is 2.27. The summed E-state index contributed by atoms with van der Waals surface area (Å²) in [6.45, 7) is 5.39. The van der Waals surface area contributed by atoms with Crippen molar-refractivity contribution in [3.63, 3.8) is 0 Å². The van der Waals surface area contributed by atoms with E-state index in [2.05, 4.69) is 53.3 Å². The van der Waals surface area contributed by atoms with Crippen LogP contribution in [0.3, 0.4) is 0 Å². The molecule has 2 rings (SSSR count). The number of nitrogens with one attached hydrogen (secondary N) is 1. The van der Waals surface area contributed by atoms with Crippen molar-refractivity contribution in [2.24, 2.45) is 0 Å². The fraction of sp³-hybridized carbons (Fsp3) is 0.375. The molecule has 1 aromatic heterocycles. The molecular weight excluding hydrogens is 354 g/mol. The molecule has 0 fully saturated rings. The summed E-state index contributed by atoms with van der Waals surface area (Å²) in [5.74, 6) is 0. The number of benzene rings is 1. The first-order valence-corrected chi connectivity index (χ1v) is 8.93. The van der Waals surface area contributed by atoms with Gasteiger partial charge in [0.05, 0.1) is 0 Å². The Labute approximate surface area is 138 Å². The zero-order valence-electron chi connectivity index (χ0n) is 11.7. The molecular formula is C16H19BrClNS. The lowest BCUT2D eigenvalue weighted by atomic mass is 10.1. The van der Waals surface area contributed by atoms with Gasteiger partial charge in [0.25, 0.3) is 0 Å². The average molecular weight is 373 g/mol. The topological polar surface area (TPSA) is 12.0 Å². The number of rotatable bonds is 6. The lowest BCUT2D eigenvalue weighted by molar-refractivity contribution is 0.516. The van der Waals surface area contributed by atoms with Crippen molar-refractivity contribution in [2.75, 3.05) is 6.54 Å². The van der Waals surface area contributed by atoms with Gasteiger partial charge in [0, 0.05) is 30.9 Å². The van der Waals surface area contributed by atoms with Gasteiger partial charge in [0.15, 0.2) is 0 Å². The summed E-state index contributed by atoms with van der Waals surface area (Å²) < 4.78 is 1.05. The predicted molar refractivity (Wildman–Crippen MR) is 93.8 cm³/mol. The minimum Gasteiger partial charge on any atom is -0.310 e. The normalized spacial score (nSPS) is 12.6. The van der Waals surface area contributed by atoms with Gasteiger partial charge < -0.3 is 5.32 Å². The van der Waals surface area contributed by atoms with E-state index in [1.807, 2.05) is 23.5 Å². The van der Waals surface area contributed by atoms with Gasteiger partial charge in [-0.3, -0.25) is 0 Å². The summed E-state index contributed by atoms with van der Waals surface area (Å²) in [6, 6.07) is 10.9. The summed E-state index contributed by atoms with van der Waals surface area (Å²) in [5.41, 5.74) is 1.21. The highest BCUT2D eigenvalue weighted by molar-refractivity contribution is 9.10. The molecule has 1 N–H and O–H groups in total. The monoisotopic (exact) mass is 371 g/mol. The summed E-state index contributed by atoms with van der Waals surface area (Å²) in [4.78, 5) is 2.69. The molecule has 4 heteroatoms. The first-order valence-electron chi connectivity index (χ1n) is 6.94. The van der Waals surface area contributed by atoms with E-state index < -0.39 is 0 Å². The highest BCUT2D eigenvalue weighted by atomic mass is 79.9. The van der Waals surface area contributed by atoms with Crippen LogP contribution in [-0.4, -0.2) is 6.54 Å². The van der Waals surface area contributed by atoms with Crippen LogP contribution in [-0.2, 0) is 0 Å². The molecule has 1 atom stereocenters. The maximum absolute atomic E-state index is 6.01. The van der Waals surface area contributed by atoms with Crippen LogP contribution in [0.25, 0.3) is 10.4 Å². The Bertz CT molecular complexity index is 561. The van der Waals surface area contributed by atoms with Crippen LogP contribution < -0.4 is 5.32 Å². The lowest BCUT2D eigenvalue weighted by Gasteiger charge is -2.15. The molecule has 0 saturated heterocycles. The Hall–Kier alpha value is -0.350. The van der Waals surface area contributed by atoms with E-state index in [9.17, 15) is 0 Å². The maximum atomic E-state index is 6.01. The van der Waals surface area contributed by atoms with Crippen LogP contribution in [0.5, 0.6) is 0 Å². The van der Waals surface area contributed by atoms with E-state index in [-0.39, 0.29) is 0 Å². The van der Waals surface area contributed by atoms with Crippen LogP contribution in [0, 0.1) is 0 Å². The second kappa shape index (κ2) is 7.60. The molecule has 108 valence electrons. The van der Waals surface area contributed by atoms with Gasteiger partial charge >= 0.3 is 0 Å². The molecule has 0 spiro atoms. The number of hydrogen-bond acceptors (Lipinski definition) is 2. The smallest absolute Gasteiger partial charge is 0.0417 e. The van der Waals surface area contributed by atoms with Crippen molar-refractivity contribution in [3.05, 3.63) is 44.7 Å². The molecule has 0 bridgehead atoms. The molecule has 0 radical (unpaired) electrons. The van der Waals surface area contributed by atoms with E-state index in [1.54, 1.807) is 0 Å². The van der Waals surface area contributed by atoms with E-state index in [0.29, 0.717) is 6.04 Å². The molecule has 2 aromatic rings. The summed E-state index contributed by atoms with van der Waals surface area (Å²) >= 11 is 11.5. The van der Waals surface area contributed by atoms with E-state index in [0.717, 1.165) is 16.0 Å². The minimum absolute atomic E-state index is 0.467. The SMILES string of the molecule is CCCC(NCC)c1ccc(-c2ccc(Cl)cc2Br)s1. The zero-order valence-corrected chi connectivity index (χ0v) is 14.9. The summed E-state index contributed by atoms with van der Waals surface area (Å²) in [7, 11) is 0. The fourth-order valence-electron chi connectivity index (χ4n) is 2.25. The van der Waals surface area contributed by atoms with Crippen LogP contribution in [0.15, 0.2) is 34.8 Å². The first-order chi connectivity index (χ1) is 9.65. The van der Waals surface area contributed by atoms with Crippen molar-refractivity contribution in [1.82, 2.24) is 5.32 Å². The second-order valence-electron chi connectivity index (χ2n) is 4.73. The molecule has 0 aliphatic heterocycles. The third kappa shape index (κ3) is 3.85. The molecule has 0 amide bonds. The molecule has 1 unspecified atom stereocenters. The predicted octanol–water partition coefficient (Wildman–Crippen LogP) is 6.28. The molecule has 0 saturated carbocycles. The van der Waals surface area contributed by atoms with Crippen LogP contribution in [0.1, 0.15) is 37.6 Å². The molecule has 0 aliphatic rings. The molecule has 1 aromatic carbocycles. The van der Waals surface area contributed by atoms with Crippen LogP contribution >= 0.6 is 38.9 Å². The quantitative estimate of drug-likeness (QED) is 0.629. The Morgan fingerprint density at radius 2 is 2.05 bits per heavy atom. The van der Waals surface area contributed by atoms with Gasteiger partial charge in [-0.2, -0.15) is 0 Å². The third-order valence-electron chi connectivity index (χ3n) is 3.19. The number of halogens is 2. The highest BCUT2D eigenvalue weighted by Gasteiger charge is 2.13. The van der Waals surface area contributed by atoms with Gasteiger partial charge in [-0.15, -0.1) is 11.3 Å².